The van der Waals surface area contributed by atoms with Gasteiger partial charge in [0, 0.05) is 19.0 Å². The number of nitrogens with zero attached hydrogens (tertiary/aromatic N) is 2. The van der Waals surface area contributed by atoms with Gasteiger partial charge in [-0.25, -0.2) is 8.42 Å². The van der Waals surface area contributed by atoms with Crippen molar-refractivity contribution in [2.24, 2.45) is 0 Å². The molecule has 0 aliphatic rings. The number of anilines is 1. The normalized spacial score (nSPS) is 12.5. The van der Waals surface area contributed by atoms with E-state index >= 15 is 0 Å². The molecule has 4 rings (SSSR count). The first-order chi connectivity index (χ1) is 21.2. The lowest BCUT2D eigenvalue weighted by molar-refractivity contribution is -0.140. The third kappa shape index (κ3) is 8.05. The summed E-state index contributed by atoms with van der Waals surface area (Å²) in [4.78, 5) is 29.9. The summed E-state index contributed by atoms with van der Waals surface area (Å²) in [5.74, 6) is -0.536. The number of sulfonamides is 1. The van der Waals surface area contributed by atoms with E-state index < -0.39 is 28.5 Å². The predicted octanol–water partition coefficient (Wildman–Crippen LogP) is 5.45. The average Bonchev–Trinajstić information content (AvgIpc) is 3.06. The Bertz CT molecular complexity index is 1620. The highest BCUT2D eigenvalue weighted by molar-refractivity contribution is 7.92. The van der Waals surface area contributed by atoms with Crippen LogP contribution in [0.25, 0.3) is 0 Å². The number of para-hydroxylation sites is 2. The first-order valence-corrected chi connectivity index (χ1v) is 16.1. The van der Waals surface area contributed by atoms with Crippen molar-refractivity contribution < 1.29 is 22.7 Å². The second-order valence-electron chi connectivity index (χ2n) is 10.5. The van der Waals surface area contributed by atoms with Crippen LogP contribution >= 0.6 is 0 Å². The maximum atomic E-state index is 14.5. The van der Waals surface area contributed by atoms with Crippen LogP contribution in [0.2, 0.25) is 0 Å². The lowest BCUT2D eigenvalue weighted by atomic mass is 10.0. The van der Waals surface area contributed by atoms with Crippen LogP contribution in [0.5, 0.6) is 5.75 Å². The number of benzene rings is 4. The van der Waals surface area contributed by atoms with E-state index in [-0.39, 0.29) is 35.5 Å². The number of rotatable bonds is 14. The molecule has 0 heterocycles. The Morgan fingerprint density at radius 1 is 0.795 bits per heavy atom. The first-order valence-electron chi connectivity index (χ1n) is 14.6. The molecule has 44 heavy (non-hydrogen) atoms. The van der Waals surface area contributed by atoms with Gasteiger partial charge in [0.05, 0.1) is 17.7 Å². The van der Waals surface area contributed by atoms with Crippen LogP contribution in [0, 0.1) is 0 Å². The Hall–Kier alpha value is -4.63. The van der Waals surface area contributed by atoms with Gasteiger partial charge in [0.1, 0.15) is 18.3 Å². The van der Waals surface area contributed by atoms with Gasteiger partial charge in [0.2, 0.25) is 11.8 Å². The van der Waals surface area contributed by atoms with Gasteiger partial charge in [0.25, 0.3) is 10.0 Å². The number of nitrogens with one attached hydrogen (secondary N) is 1. The molecule has 9 heteroatoms. The van der Waals surface area contributed by atoms with E-state index in [4.69, 9.17) is 4.74 Å². The van der Waals surface area contributed by atoms with E-state index in [1.807, 2.05) is 74.5 Å². The number of hydrogen-bond donors (Lipinski definition) is 1. The van der Waals surface area contributed by atoms with Crippen LogP contribution in [-0.4, -0.2) is 50.9 Å². The van der Waals surface area contributed by atoms with Crippen LogP contribution in [0.1, 0.15) is 31.4 Å². The van der Waals surface area contributed by atoms with Crippen molar-refractivity contribution in [2.75, 3.05) is 18.0 Å². The molecule has 8 nitrogen and oxygen atoms in total. The van der Waals surface area contributed by atoms with Gasteiger partial charge in [0.15, 0.2) is 0 Å². The molecule has 0 saturated heterocycles. The Kier molecular flexibility index (Phi) is 11.2. The summed E-state index contributed by atoms with van der Waals surface area (Å²) >= 11 is 0. The highest BCUT2D eigenvalue weighted by Gasteiger charge is 2.35. The van der Waals surface area contributed by atoms with Crippen molar-refractivity contribution in [1.82, 2.24) is 10.2 Å². The number of methoxy groups -OCH3 is 1. The van der Waals surface area contributed by atoms with Crippen molar-refractivity contribution in [3.05, 3.63) is 126 Å². The van der Waals surface area contributed by atoms with E-state index in [2.05, 4.69) is 5.32 Å². The quantitative estimate of drug-likeness (QED) is 0.204. The van der Waals surface area contributed by atoms with Gasteiger partial charge in [-0.3, -0.25) is 13.9 Å². The molecule has 0 radical (unpaired) electrons. The molecule has 2 amide bonds. The number of carbonyl (C=O) groups excluding carboxylic acids is 2. The van der Waals surface area contributed by atoms with Crippen LogP contribution in [0.15, 0.2) is 120 Å². The molecule has 0 saturated carbocycles. The molecular weight excluding hydrogens is 574 g/mol. The summed E-state index contributed by atoms with van der Waals surface area (Å²) < 4.78 is 34.8. The van der Waals surface area contributed by atoms with Gasteiger partial charge >= 0.3 is 0 Å². The van der Waals surface area contributed by atoms with Crippen molar-refractivity contribution in [3.8, 4) is 5.75 Å². The molecule has 2 atom stereocenters. The second kappa shape index (κ2) is 15.2. The molecule has 0 aliphatic carbocycles. The molecule has 230 valence electrons. The standard InChI is InChI=1S/C35H39N3O5S/c1-4-27(2)36-35(40)32(24-28-16-8-5-9-17-28)37(25-29-18-10-6-11-19-29)34(39)26-38(31-22-14-15-23-33(31)43-3)44(41,42)30-20-12-7-13-21-30/h5-23,27,32H,4,24-26H2,1-3H3,(H,36,40)/t27-,32+/m0/s1. The molecule has 1 N–H and O–H groups in total. The van der Waals surface area contributed by atoms with Crippen LogP contribution < -0.4 is 14.4 Å². The van der Waals surface area contributed by atoms with Gasteiger partial charge < -0.3 is 15.0 Å². The third-order valence-corrected chi connectivity index (χ3v) is 9.21. The molecule has 4 aromatic rings. The van der Waals surface area contributed by atoms with Crippen molar-refractivity contribution in [1.29, 1.82) is 0 Å². The average molecular weight is 614 g/mol. The molecule has 0 spiro atoms. The minimum atomic E-state index is -4.21. The minimum absolute atomic E-state index is 0.0312. The smallest absolute Gasteiger partial charge is 0.264 e. The topological polar surface area (TPSA) is 96.0 Å². The zero-order valence-corrected chi connectivity index (χ0v) is 26.1. The lowest BCUT2D eigenvalue weighted by Crippen LogP contribution is -2.54. The molecule has 0 bridgehead atoms. The van der Waals surface area contributed by atoms with Crippen molar-refractivity contribution >= 4 is 27.5 Å². The fraction of sp³-hybridized carbons (Fsp3) is 0.257. The summed E-state index contributed by atoms with van der Waals surface area (Å²) in [6.07, 6.45) is 0.967. The molecule has 4 aromatic carbocycles. The largest absolute Gasteiger partial charge is 0.495 e. The fourth-order valence-electron chi connectivity index (χ4n) is 4.84. The Morgan fingerprint density at radius 3 is 1.93 bits per heavy atom. The minimum Gasteiger partial charge on any atom is -0.495 e. The Balaban J connectivity index is 1.81. The summed E-state index contributed by atoms with van der Waals surface area (Å²) in [5.41, 5.74) is 1.90. The molecule has 0 unspecified atom stereocenters. The summed E-state index contributed by atoms with van der Waals surface area (Å²) in [6.45, 7) is 3.45. The van der Waals surface area contributed by atoms with E-state index in [0.29, 0.717) is 12.2 Å². The maximum absolute atomic E-state index is 14.5. The summed E-state index contributed by atoms with van der Waals surface area (Å²) in [5, 5.41) is 3.05. The molecule has 0 aliphatic heterocycles. The van der Waals surface area contributed by atoms with Crippen molar-refractivity contribution in [2.45, 2.75) is 50.2 Å². The highest BCUT2D eigenvalue weighted by atomic mass is 32.2. The van der Waals surface area contributed by atoms with E-state index in [0.717, 1.165) is 15.4 Å². The SMILES string of the molecule is CC[C@H](C)NC(=O)[C@@H](Cc1ccccc1)N(Cc1ccccc1)C(=O)CN(c1ccccc1OC)S(=O)(=O)c1ccccc1. The van der Waals surface area contributed by atoms with E-state index in [1.165, 1.54) is 24.1 Å². The number of amides is 2. The number of carbonyl (C=O) groups is 2. The van der Waals surface area contributed by atoms with E-state index in [1.54, 1.807) is 42.5 Å². The number of ether oxygens (including phenoxy) is 1. The zero-order valence-electron chi connectivity index (χ0n) is 25.3. The van der Waals surface area contributed by atoms with Crippen LogP contribution in [0.3, 0.4) is 0 Å². The van der Waals surface area contributed by atoms with Crippen LogP contribution in [0.4, 0.5) is 5.69 Å². The highest BCUT2D eigenvalue weighted by Crippen LogP contribution is 2.32. The first kappa shape index (κ1) is 32.3. The predicted molar refractivity (Wildman–Crippen MR) is 173 cm³/mol. The van der Waals surface area contributed by atoms with Crippen molar-refractivity contribution in [3.63, 3.8) is 0 Å². The molecule has 0 aromatic heterocycles. The maximum Gasteiger partial charge on any atom is 0.264 e. The van der Waals surface area contributed by atoms with Gasteiger partial charge in [-0.15, -0.1) is 0 Å². The molecular formula is C35H39N3O5S. The monoisotopic (exact) mass is 613 g/mol. The Morgan fingerprint density at radius 2 is 1.34 bits per heavy atom. The second-order valence-corrected chi connectivity index (χ2v) is 12.4. The number of hydrogen-bond acceptors (Lipinski definition) is 5. The third-order valence-electron chi connectivity index (χ3n) is 7.43. The molecule has 0 fully saturated rings. The van der Waals surface area contributed by atoms with E-state index in [9.17, 15) is 18.0 Å². The lowest BCUT2D eigenvalue weighted by Gasteiger charge is -2.34. The van der Waals surface area contributed by atoms with Gasteiger partial charge in [-0.1, -0.05) is 97.9 Å². The van der Waals surface area contributed by atoms with Crippen LogP contribution in [-0.2, 0) is 32.6 Å². The fourth-order valence-corrected chi connectivity index (χ4v) is 6.29. The van der Waals surface area contributed by atoms with Gasteiger partial charge in [-0.05, 0) is 48.7 Å². The Labute approximate surface area is 260 Å². The zero-order chi connectivity index (χ0) is 31.5. The van der Waals surface area contributed by atoms with Gasteiger partial charge in [-0.2, -0.15) is 0 Å². The summed E-state index contributed by atoms with van der Waals surface area (Å²) in [6, 6.07) is 32.5. The summed E-state index contributed by atoms with van der Waals surface area (Å²) in [7, 11) is -2.76.